The molecule has 60 valence electrons. The number of pyridine rings is 1. The van der Waals surface area contributed by atoms with E-state index < -0.39 is 0 Å². The fraction of sp³-hybridized carbons (Fsp3) is 0.143. The predicted octanol–water partition coefficient (Wildman–Crippen LogP) is 1.32. The van der Waals surface area contributed by atoms with Crippen LogP contribution in [0.2, 0.25) is 0 Å². The van der Waals surface area contributed by atoms with Crippen LogP contribution in [-0.2, 0) is 0 Å². The van der Waals surface area contributed by atoms with Crippen LogP contribution in [-0.4, -0.2) is 18.4 Å². The van der Waals surface area contributed by atoms with Gasteiger partial charge in [-0.25, -0.2) is 4.98 Å². The van der Waals surface area contributed by atoms with Crippen molar-refractivity contribution >= 4 is 18.7 Å². The number of halogens is 1. The maximum Gasteiger partial charge on any atom is 0.168 e. The van der Waals surface area contributed by atoms with Crippen LogP contribution >= 0.6 is 12.4 Å². The summed E-state index contributed by atoms with van der Waals surface area (Å²) in [7, 11) is 1.55. The van der Waals surface area contributed by atoms with E-state index in [1.165, 1.54) is 6.20 Å². The summed E-state index contributed by atoms with van der Waals surface area (Å²) in [6, 6.07) is 3.29. The van der Waals surface area contributed by atoms with Crippen molar-refractivity contribution in [1.29, 1.82) is 0 Å². The molecule has 0 saturated heterocycles. The summed E-state index contributed by atoms with van der Waals surface area (Å²) in [5.41, 5.74) is 0.417. The van der Waals surface area contributed by atoms with Crippen LogP contribution in [0.25, 0.3) is 0 Å². The van der Waals surface area contributed by atoms with E-state index >= 15 is 0 Å². The third-order valence-corrected chi connectivity index (χ3v) is 1.12. The number of aldehydes is 1. The SMILES string of the molecule is COc1ccc(C=O)nc1.Cl. The Morgan fingerprint density at radius 3 is 2.64 bits per heavy atom. The lowest BCUT2D eigenvalue weighted by Crippen LogP contribution is -1.87. The molecule has 0 aliphatic carbocycles. The minimum Gasteiger partial charge on any atom is -0.495 e. The second kappa shape index (κ2) is 4.68. The summed E-state index contributed by atoms with van der Waals surface area (Å²) < 4.78 is 4.84. The molecule has 0 N–H and O–H groups in total. The fourth-order valence-electron chi connectivity index (χ4n) is 0.582. The van der Waals surface area contributed by atoms with Crippen molar-refractivity contribution in [1.82, 2.24) is 4.98 Å². The highest BCUT2D eigenvalue weighted by Crippen LogP contribution is 2.05. The zero-order valence-corrected chi connectivity index (χ0v) is 6.80. The van der Waals surface area contributed by atoms with Crippen LogP contribution in [0, 0.1) is 0 Å². The van der Waals surface area contributed by atoms with E-state index in [0.717, 1.165) is 0 Å². The molecule has 0 amide bonds. The Morgan fingerprint density at radius 2 is 2.27 bits per heavy atom. The number of rotatable bonds is 2. The molecule has 3 nitrogen and oxygen atoms in total. The van der Waals surface area contributed by atoms with Crippen molar-refractivity contribution in [3.8, 4) is 5.75 Å². The first-order valence-corrected chi connectivity index (χ1v) is 2.82. The van der Waals surface area contributed by atoms with Crippen LogP contribution in [0.3, 0.4) is 0 Å². The maximum absolute atomic E-state index is 10.1. The first-order chi connectivity index (χ1) is 4.86. The predicted molar refractivity (Wildman–Crippen MR) is 43.4 cm³/mol. The number of aromatic nitrogens is 1. The first-order valence-electron chi connectivity index (χ1n) is 2.82. The molecule has 0 saturated carbocycles. The molecule has 0 fully saturated rings. The monoisotopic (exact) mass is 173 g/mol. The van der Waals surface area contributed by atoms with Crippen LogP contribution in [0.5, 0.6) is 5.75 Å². The Balaban J connectivity index is 0.000001000. The minimum absolute atomic E-state index is 0. The van der Waals surface area contributed by atoms with Gasteiger partial charge in [0.05, 0.1) is 13.3 Å². The molecule has 4 heteroatoms. The van der Waals surface area contributed by atoms with Gasteiger partial charge in [0.2, 0.25) is 0 Å². The van der Waals surface area contributed by atoms with Gasteiger partial charge in [-0.3, -0.25) is 4.79 Å². The van der Waals surface area contributed by atoms with Gasteiger partial charge < -0.3 is 4.74 Å². The smallest absolute Gasteiger partial charge is 0.168 e. The van der Waals surface area contributed by atoms with E-state index in [9.17, 15) is 4.79 Å². The van der Waals surface area contributed by atoms with E-state index in [2.05, 4.69) is 4.98 Å². The zero-order valence-electron chi connectivity index (χ0n) is 5.98. The lowest BCUT2D eigenvalue weighted by atomic mass is 10.4. The molecule has 0 unspecified atom stereocenters. The van der Waals surface area contributed by atoms with E-state index in [0.29, 0.717) is 17.7 Å². The number of carbonyl (C=O) groups is 1. The summed E-state index contributed by atoms with van der Waals surface area (Å²) >= 11 is 0. The van der Waals surface area contributed by atoms with E-state index in [1.54, 1.807) is 19.2 Å². The van der Waals surface area contributed by atoms with Crippen molar-refractivity contribution in [2.45, 2.75) is 0 Å². The van der Waals surface area contributed by atoms with E-state index in [-0.39, 0.29) is 12.4 Å². The first kappa shape index (κ1) is 9.91. The third-order valence-electron chi connectivity index (χ3n) is 1.12. The zero-order chi connectivity index (χ0) is 7.40. The summed E-state index contributed by atoms with van der Waals surface area (Å²) in [6.45, 7) is 0. The molecule has 11 heavy (non-hydrogen) atoms. The minimum atomic E-state index is 0. The Labute approximate surface area is 70.8 Å². The van der Waals surface area contributed by atoms with Crippen molar-refractivity contribution in [2.24, 2.45) is 0 Å². The topological polar surface area (TPSA) is 39.2 Å². The van der Waals surface area contributed by atoms with Gasteiger partial charge in [0.15, 0.2) is 6.29 Å². The largest absolute Gasteiger partial charge is 0.495 e. The summed E-state index contributed by atoms with van der Waals surface area (Å²) in [5, 5.41) is 0. The summed E-state index contributed by atoms with van der Waals surface area (Å²) in [6.07, 6.45) is 2.20. The standard InChI is InChI=1S/C7H7NO2.ClH/c1-10-7-3-2-6(5-9)8-4-7;/h2-5H,1H3;1H. The highest BCUT2D eigenvalue weighted by molar-refractivity contribution is 5.85. The second-order valence-electron chi connectivity index (χ2n) is 1.74. The van der Waals surface area contributed by atoms with Crippen LogP contribution in [0.4, 0.5) is 0 Å². The van der Waals surface area contributed by atoms with E-state index in [1.807, 2.05) is 0 Å². The molecule has 0 aliphatic rings. The number of ether oxygens (including phenoxy) is 1. The molecule has 0 radical (unpaired) electrons. The third kappa shape index (κ3) is 2.55. The van der Waals surface area contributed by atoms with Gasteiger partial charge in [-0.2, -0.15) is 0 Å². The molecule has 0 aliphatic heterocycles. The molecule has 0 spiro atoms. The molecule has 1 rings (SSSR count). The Bertz CT molecular complexity index is 222. The van der Waals surface area contributed by atoms with E-state index in [4.69, 9.17) is 4.74 Å². The second-order valence-corrected chi connectivity index (χ2v) is 1.74. The molecule has 1 heterocycles. The molecule has 0 atom stereocenters. The quantitative estimate of drug-likeness (QED) is 0.634. The average Bonchev–Trinajstić information content (AvgIpc) is 2.05. The normalized spacial score (nSPS) is 8.09. The number of nitrogens with zero attached hydrogens (tertiary/aromatic N) is 1. The Hall–Kier alpha value is -1.09. The van der Waals surface area contributed by atoms with Crippen LogP contribution in [0.15, 0.2) is 18.3 Å². The maximum atomic E-state index is 10.1. The molecule has 1 aromatic heterocycles. The molecule has 1 aromatic rings. The number of hydrogen-bond acceptors (Lipinski definition) is 3. The average molecular weight is 174 g/mol. The van der Waals surface area contributed by atoms with Gasteiger partial charge in [0, 0.05) is 0 Å². The fourth-order valence-corrected chi connectivity index (χ4v) is 0.582. The van der Waals surface area contributed by atoms with Crippen LogP contribution in [0.1, 0.15) is 10.5 Å². The Kier molecular flexibility index (Phi) is 4.22. The number of methoxy groups -OCH3 is 1. The highest BCUT2D eigenvalue weighted by atomic mass is 35.5. The van der Waals surface area contributed by atoms with Gasteiger partial charge in [-0.05, 0) is 12.1 Å². The molecular formula is C7H8ClNO2. The lowest BCUT2D eigenvalue weighted by molar-refractivity contribution is 0.111. The number of carbonyl (C=O) groups excluding carboxylic acids is 1. The van der Waals surface area contributed by atoms with Gasteiger partial charge in [0.25, 0.3) is 0 Å². The van der Waals surface area contributed by atoms with Crippen LogP contribution < -0.4 is 4.74 Å². The highest BCUT2D eigenvalue weighted by Gasteiger charge is 1.90. The lowest BCUT2D eigenvalue weighted by Gasteiger charge is -1.95. The molecule has 0 aromatic carbocycles. The molecule has 0 bridgehead atoms. The van der Waals surface area contributed by atoms with Gasteiger partial charge in [-0.15, -0.1) is 12.4 Å². The summed E-state index contributed by atoms with van der Waals surface area (Å²) in [5.74, 6) is 0.658. The van der Waals surface area contributed by atoms with Crippen molar-refractivity contribution in [2.75, 3.05) is 7.11 Å². The molecular weight excluding hydrogens is 166 g/mol. The summed E-state index contributed by atoms with van der Waals surface area (Å²) in [4.78, 5) is 13.9. The van der Waals surface area contributed by atoms with Gasteiger partial charge in [-0.1, -0.05) is 0 Å². The van der Waals surface area contributed by atoms with Crippen molar-refractivity contribution < 1.29 is 9.53 Å². The number of hydrogen-bond donors (Lipinski definition) is 0. The van der Waals surface area contributed by atoms with Gasteiger partial charge in [0.1, 0.15) is 11.4 Å². The van der Waals surface area contributed by atoms with Crippen molar-refractivity contribution in [3.63, 3.8) is 0 Å². The van der Waals surface area contributed by atoms with Crippen molar-refractivity contribution in [3.05, 3.63) is 24.0 Å². The Morgan fingerprint density at radius 1 is 1.55 bits per heavy atom. The van der Waals surface area contributed by atoms with Gasteiger partial charge >= 0.3 is 0 Å².